The van der Waals surface area contributed by atoms with E-state index in [1.165, 1.54) is 4.90 Å². The number of hydrogen-bond acceptors (Lipinski definition) is 3. The Balaban J connectivity index is 2.07. The second kappa shape index (κ2) is 6.22. The van der Waals surface area contributed by atoms with E-state index in [9.17, 15) is 14.0 Å². The number of piperazine rings is 1. The standard InChI is InChI=1S/C15H19FN2O3/c1-10-7-12(8-11(2)14(10)16)15(21)18-5-3-17(4-6-18)13(20)9-19/h7-8,19H,3-6,9H2,1-2H3. The first-order valence-corrected chi connectivity index (χ1v) is 6.88. The third-order valence-corrected chi connectivity index (χ3v) is 3.74. The zero-order chi connectivity index (χ0) is 15.6. The van der Waals surface area contributed by atoms with Crippen LogP contribution in [0.1, 0.15) is 21.5 Å². The van der Waals surface area contributed by atoms with Gasteiger partial charge >= 0.3 is 0 Å². The van der Waals surface area contributed by atoms with Gasteiger partial charge in [0.05, 0.1) is 0 Å². The molecule has 0 bridgehead atoms. The minimum absolute atomic E-state index is 0.155. The van der Waals surface area contributed by atoms with Gasteiger partial charge in [0.25, 0.3) is 5.91 Å². The highest BCUT2D eigenvalue weighted by molar-refractivity contribution is 5.94. The number of rotatable bonds is 2. The van der Waals surface area contributed by atoms with E-state index in [2.05, 4.69) is 0 Å². The summed E-state index contributed by atoms with van der Waals surface area (Å²) in [6.07, 6.45) is 0. The van der Waals surface area contributed by atoms with Crippen LogP contribution in [0.4, 0.5) is 4.39 Å². The summed E-state index contributed by atoms with van der Waals surface area (Å²) in [6, 6.07) is 3.10. The number of aryl methyl sites for hydroxylation is 2. The van der Waals surface area contributed by atoms with Gasteiger partial charge in [0.2, 0.25) is 5.91 Å². The van der Waals surface area contributed by atoms with Crippen LogP contribution in [-0.4, -0.2) is 59.5 Å². The molecule has 2 amide bonds. The van der Waals surface area contributed by atoms with E-state index < -0.39 is 6.61 Å². The molecule has 5 nitrogen and oxygen atoms in total. The molecular formula is C15H19FN2O3. The molecule has 1 aromatic rings. The van der Waals surface area contributed by atoms with Crippen LogP contribution in [0.3, 0.4) is 0 Å². The average molecular weight is 294 g/mol. The maximum Gasteiger partial charge on any atom is 0.253 e. The molecule has 1 saturated heterocycles. The Morgan fingerprint density at radius 1 is 1.10 bits per heavy atom. The lowest BCUT2D eigenvalue weighted by Crippen LogP contribution is -2.51. The van der Waals surface area contributed by atoms with Crippen LogP contribution in [0.5, 0.6) is 0 Å². The molecule has 0 radical (unpaired) electrons. The molecule has 0 unspecified atom stereocenters. The normalized spacial score (nSPS) is 15.2. The second-order valence-corrected chi connectivity index (χ2v) is 5.26. The van der Waals surface area contributed by atoms with Crippen molar-refractivity contribution >= 4 is 11.8 Å². The molecule has 1 N–H and O–H groups in total. The average Bonchev–Trinajstić information content (AvgIpc) is 2.50. The van der Waals surface area contributed by atoms with Crippen LogP contribution >= 0.6 is 0 Å². The molecule has 1 aliphatic rings. The third-order valence-electron chi connectivity index (χ3n) is 3.74. The highest BCUT2D eigenvalue weighted by atomic mass is 19.1. The quantitative estimate of drug-likeness (QED) is 0.874. The zero-order valence-corrected chi connectivity index (χ0v) is 12.2. The summed E-state index contributed by atoms with van der Waals surface area (Å²) in [7, 11) is 0. The summed E-state index contributed by atoms with van der Waals surface area (Å²) in [5.74, 6) is -0.766. The maximum absolute atomic E-state index is 13.6. The highest BCUT2D eigenvalue weighted by Crippen LogP contribution is 2.17. The molecule has 0 aromatic heterocycles. The van der Waals surface area contributed by atoms with E-state index in [1.54, 1.807) is 30.9 Å². The molecule has 114 valence electrons. The van der Waals surface area contributed by atoms with Gasteiger partial charge in [0, 0.05) is 31.7 Å². The van der Waals surface area contributed by atoms with Crippen molar-refractivity contribution in [3.05, 3.63) is 34.6 Å². The van der Waals surface area contributed by atoms with Crippen LogP contribution in [0.15, 0.2) is 12.1 Å². The van der Waals surface area contributed by atoms with Crippen molar-refractivity contribution in [1.82, 2.24) is 9.80 Å². The minimum Gasteiger partial charge on any atom is -0.387 e. The third kappa shape index (κ3) is 3.21. The lowest BCUT2D eigenvalue weighted by atomic mass is 10.1. The van der Waals surface area contributed by atoms with Crippen molar-refractivity contribution in [2.75, 3.05) is 32.8 Å². The van der Waals surface area contributed by atoms with Gasteiger partial charge in [-0.25, -0.2) is 4.39 Å². The summed E-state index contributed by atoms with van der Waals surface area (Å²) in [5, 5.41) is 8.82. The largest absolute Gasteiger partial charge is 0.387 e. The predicted molar refractivity (Wildman–Crippen MR) is 75.4 cm³/mol. The summed E-state index contributed by atoms with van der Waals surface area (Å²) >= 11 is 0. The highest BCUT2D eigenvalue weighted by Gasteiger charge is 2.24. The number of carbonyl (C=O) groups is 2. The van der Waals surface area contributed by atoms with Gasteiger partial charge in [0.1, 0.15) is 12.4 Å². The minimum atomic E-state index is -0.510. The monoisotopic (exact) mass is 294 g/mol. The first-order chi connectivity index (χ1) is 9.93. The fraction of sp³-hybridized carbons (Fsp3) is 0.467. The topological polar surface area (TPSA) is 60.9 Å². The van der Waals surface area contributed by atoms with E-state index in [4.69, 9.17) is 5.11 Å². The van der Waals surface area contributed by atoms with Crippen LogP contribution in [0.25, 0.3) is 0 Å². The van der Waals surface area contributed by atoms with Gasteiger partial charge < -0.3 is 14.9 Å². The molecular weight excluding hydrogens is 275 g/mol. The lowest BCUT2D eigenvalue weighted by molar-refractivity contribution is -0.135. The Hall–Kier alpha value is -1.95. The summed E-state index contributed by atoms with van der Waals surface area (Å²) in [6.45, 7) is 4.41. The molecule has 1 aromatic carbocycles. The van der Waals surface area contributed by atoms with Crippen LogP contribution in [0.2, 0.25) is 0 Å². The summed E-state index contributed by atoms with van der Waals surface area (Å²) in [4.78, 5) is 27.0. The van der Waals surface area contributed by atoms with Gasteiger partial charge in [-0.1, -0.05) is 0 Å². The maximum atomic E-state index is 13.6. The van der Waals surface area contributed by atoms with Gasteiger partial charge in [-0.3, -0.25) is 9.59 Å². The van der Waals surface area contributed by atoms with Crippen molar-refractivity contribution in [3.63, 3.8) is 0 Å². The van der Waals surface area contributed by atoms with Crippen LogP contribution < -0.4 is 0 Å². The first-order valence-electron chi connectivity index (χ1n) is 6.88. The molecule has 0 aliphatic carbocycles. The van der Waals surface area contributed by atoms with Gasteiger partial charge in [-0.2, -0.15) is 0 Å². The zero-order valence-electron chi connectivity index (χ0n) is 12.2. The molecule has 0 spiro atoms. The SMILES string of the molecule is Cc1cc(C(=O)N2CCN(C(=O)CO)CC2)cc(C)c1F. The van der Waals surface area contributed by atoms with Crippen molar-refractivity contribution in [2.45, 2.75) is 13.8 Å². The Kier molecular flexibility index (Phi) is 4.57. The smallest absolute Gasteiger partial charge is 0.253 e. The van der Waals surface area contributed by atoms with Crippen molar-refractivity contribution < 1.29 is 19.1 Å². The Labute approximate surface area is 123 Å². The fourth-order valence-corrected chi connectivity index (χ4v) is 2.51. The number of aliphatic hydroxyl groups excluding tert-OH is 1. The molecule has 6 heteroatoms. The van der Waals surface area contributed by atoms with E-state index in [1.807, 2.05) is 0 Å². The number of carbonyl (C=O) groups excluding carboxylic acids is 2. The van der Waals surface area contributed by atoms with Gasteiger partial charge in [-0.05, 0) is 37.1 Å². The summed E-state index contributed by atoms with van der Waals surface area (Å²) in [5.41, 5.74) is 1.37. The van der Waals surface area contributed by atoms with Crippen LogP contribution in [-0.2, 0) is 4.79 Å². The Bertz CT molecular complexity index is 543. The number of amides is 2. The molecule has 1 fully saturated rings. The lowest BCUT2D eigenvalue weighted by Gasteiger charge is -2.34. The molecule has 1 aliphatic heterocycles. The number of nitrogens with zero attached hydrogens (tertiary/aromatic N) is 2. The van der Waals surface area contributed by atoms with E-state index in [0.717, 1.165) is 0 Å². The first kappa shape index (κ1) is 15.4. The van der Waals surface area contributed by atoms with Crippen LogP contribution in [0, 0.1) is 19.7 Å². The number of hydrogen-bond donors (Lipinski definition) is 1. The molecule has 1 heterocycles. The summed E-state index contributed by atoms with van der Waals surface area (Å²) < 4.78 is 13.6. The molecule has 0 saturated carbocycles. The number of aliphatic hydroxyl groups is 1. The van der Waals surface area contributed by atoms with Crippen molar-refractivity contribution in [1.29, 1.82) is 0 Å². The Morgan fingerprint density at radius 2 is 1.57 bits per heavy atom. The van der Waals surface area contributed by atoms with E-state index in [-0.39, 0.29) is 17.6 Å². The Morgan fingerprint density at radius 3 is 2.05 bits per heavy atom. The van der Waals surface area contributed by atoms with E-state index in [0.29, 0.717) is 42.9 Å². The van der Waals surface area contributed by atoms with E-state index >= 15 is 0 Å². The second-order valence-electron chi connectivity index (χ2n) is 5.26. The number of benzene rings is 1. The van der Waals surface area contributed by atoms with Crippen molar-refractivity contribution in [2.24, 2.45) is 0 Å². The van der Waals surface area contributed by atoms with Crippen molar-refractivity contribution in [3.8, 4) is 0 Å². The molecule has 2 rings (SSSR count). The number of halogens is 1. The molecule has 21 heavy (non-hydrogen) atoms. The van der Waals surface area contributed by atoms with Gasteiger partial charge in [0.15, 0.2) is 0 Å². The molecule has 0 atom stereocenters. The van der Waals surface area contributed by atoms with Gasteiger partial charge in [-0.15, -0.1) is 0 Å². The fourth-order valence-electron chi connectivity index (χ4n) is 2.51. The predicted octanol–water partition coefficient (Wildman–Crippen LogP) is 0.719.